The van der Waals surface area contributed by atoms with E-state index in [1.807, 2.05) is 0 Å². The maximum absolute atomic E-state index is 12.1. The number of hydrogen-bond acceptors (Lipinski definition) is 6. The van der Waals surface area contributed by atoms with Crippen LogP contribution in [0, 0.1) is 10.1 Å². The molecule has 2 N–H and O–H groups in total. The van der Waals surface area contributed by atoms with Crippen molar-refractivity contribution in [2.24, 2.45) is 0 Å². The summed E-state index contributed by atoms with van der Waals surface area (Å²) in [5, 5.41) is 16.3. The Bertz CT molecular complexity index is 516. The lowest BCUT2D eigenvalue weighted by Crippen LogP contribution is -2.39. The number of pyridine rings is 1. The molecule has 8 heteroatoms. The fraction of sp³-hybridized carbons (Fsp3) is 0.500. The monoisotopic (exact) mass is 282 g/mol. The van der Waals surface area contributed by atoms with E-state index in [4.69, 9.17) is 4.74 Å². The minimum Gasteiger partial charge on any atom is -0.377 e. The average Bonchev–Trinajstić information content (AvgIpc) is 2.44. The van der Waals surface area contributed by atoms with Crippen LogP contribution >= 0.6 is 0 Å². The zero-order valence-corrected chi connectivity index (χ0v) is 11.9. The summed E-state index contributed by atoms with van der Waals surface area (Å²) < 4.78 is 5.17. The van der Waals surface area contributed by atoms with Gasteiger partial charge in [0.25, 0.3) is 11.6 Å². The molecule has 0 aliphatic rings. The molecule has 1 aromatic heterocycles. The van der Waals surface area contributed by atoms with Crippen molar-refractivity contribution in [1.29, 1.82) is 0 Å². The van der Waals surface area contributed by atoms with Crippen LogP contribution in [0.4, 0.5) is 11.5 Å². The highest BCUT2D eigenvalue weighted by molar-refractivity contribution is 5.98. The van der Waals surface area contributed by atoms with Crippen LogP contribution in [-0.4, -0.2) is 42.1 Å². The van der Waals surface area contributed by atoms with Crippen LogP contribution in [0.5, 0.6) is 0 Å². The first-order valence-electron chi connectivity index (χ1n) is 5.96. The second-order valence-electron chi connectivity index (χ2n) is 4.74. The largest absolute Gasteiger partial charge is 0.377 e. The molecule has 0 fully saturated rings. The Morgan fingerprint density at radius 2 is 2.20 bits per heavy atom. The second kappa shape index (κ2) is 6.29. The lowest BCUT2D eigenvalue weighted by Gasteiger charge is -2.23. The molecule has 0 aliphatic heterocycles. The zero-order valence-electron chi connectivity index (χ0n) is 11.9. The van der Waals surface area contributed by atoms with E-state index in [0.717, 1.165) is 6.20 Å². The van der Waals surface area contributed by atoms with Crippen molar-refractivity contribution in [1.82, 2.24) is 10.3 Å². The number of carbonyl (C=O) groups excluding carboxylic acids is 1. The molecular formula is C12H18N4O4. The van der Waals surface area contributed by atoms with Crippen LogP contribution < -0.4 is 10.6 Å². The number of anilines is 1. The molecule has 110 valence electrons. The molecule has 0 unspecified atom stereocenters. The number of rotatable bonds is 6. The summed E-state index contributed by atoms with van der Waals surface area (Å²) in [5.41, 5.74) is -0.929. The summed E-state index contributed by atoms with van der Waals surface area (Å²) >= 11 is 0. The summed E-state index contributed by atoms with van der Waals surface area (Å²) in [4.78, 5) is 26.2. The Balaban J connectivity index is 2.98. The van der Waals surface area contributed by atoms with E-state index in [-0.39, 0.29) is 17.8 Å². The number of hydrogen-bond donors (Lipinski definition) is 2. The molecule has 0 spiro atoms. The van der Waals surface area contributed by atoms with Crippen molar-refractivity contribution in [2.75, 3.05) is 26.0 Å². The lowest BCUT2D eigenvalue weighted by molar-refractivity contribution is -0.385. The highest BCUT2D eigenvalue weighted by Crippen LogP contribution is 2.20. The molecule has 0 radical (unpaired) electrons. The van der Waals surface area contributed by atoms with Gasteiger partial charge in [0, 0.05) is 26.8 Å². The van der Waals surface area contributed by atoms with Gasteiger partial charge in [-0.1, -0.05) is 0 Å². The highest BCUT2D eigenvalue weighted by atomic mass is 16.6. The fourth-order valence-electron chi connectivity index (χ4n) is 1.37. The van der Waals surface area contributed by atoms with Gasteiger partial charge >= 0.3 is 0 Å². The molecule has 0 aliphatic carbocycles. The average molecular weight is 282 g/mol. The van der Waals surface area contributed by atoms with Crippen molar-refractivity contribution in [2.45, 2.75) is 19.4 Å². The molecule has 0 saturated heterocycles. The first-order valence-corrected chi connectivity index (χ1v) is 5.96. The van der Waals surface area contributed by atoms with Crippen molar-refractivity contribution < 1.29 is 14.5 Å². The summed E-state index contributed by atoms with van der Waals surface area (Å²) in [6.07, 6.45) is 1.06. The van der Waals surface area contributed by atoms with Gasteiger partial charge < -0.3 is 15.4 Å². The molecule has 1 amide bonds. The van der Waals surface area contributed by atoms with Gasteiger partial charge in [-0.25, -0.2) is 4.98 Å². The number of nitrogens with zero attached hydrogens (tertiary/aromatic N) is 2. The molecule has 0 saturated carbocycles. The quantitative estimate of drug-likeness (QED) is 0.599. The second-order valence-corrected chi connectivity index (χ2v) is 4.74. The van der Waals surface area contributed by atoms with Crippen LogP contribution in [0.25, 0.3) is 0 Å². The molecular weight excluding hydrogens is 264 g/mol. The SMILES string of the molecule is CNc1cc(C(=O)NCC(C)(C)OC)c([N+](=O)[O-])cn1. The zero-order chi connectivity index (χ0) is 15.3. The van der Waals surface area contributed by atoms with E-state index >= 15 is 0 Å². The third kappa shape index (κ3) is 3.89. The van der Waals surface area contributed by atoms with Crippen LogP contribution in [0.15, 0.2) is 12.3 Å². The van der Waals surface area contributed by atoms with E-state index in [1.54, 1.807) is 20.9 Å². The van der Waals surface area contributed by atoms with E-state index in [2.05, 4.69) is 15.6 Å². The smallest absolute Gasteiger partial charge is 0.300 e. The van der Waals surface area contributed by atoms with Crippen LogP contribution in [0.2, 0.25) is 0 Å². The van der Waals surface area contributed by atoms with Crippen molar-refractivity contribution >= 4 is 17.4 Å². The van der Waals surface area contributed by atoms with Gasteiger partial charge in [0.05, 0.1) is 10.5 Å². The minimum absolute atomic E-state index is 0.0405. The van der Waals surface area contributed by atoms with E-state index < -0.39 is 16.4 Å². The number of carbonyl (C=O) groups is 1. The van der Waals surface area contributed by atoms with Crippen molar-refractivity contribution in [3.05, 3.63) is 27.9 Å². The molecule has 1 heterocycles. The van der Waals surface area contributed by atoms with Gasteiger partial charge in [-0.15, -0.1) is 0 Å². The number of amides is 1. The van der Waals surface area contributed by atoms with Gasteiger partial charge in [0.2, 0.25) is 0 Å². The molecule has 0 atom stereocenters. The summed E-state index contributed by atoms with van der Waals surface area (Å²) in [7, 11) is 3.14. The van der Waals surface area contributed by atoms with Gasteiger partial charge in [-0.05, 0) is 13.8 Å². The van der Waals surface area contributed by atoms with Crippen LogP contribution in [0.3, 0.4) is 0 Å². The molecule has 0 aromatic carbocycles. The number of nitro groups is 1. The third-order valence-corrected chi connectivity index (χ3v) is 2.81. The Kier molecular flexibility index (Phi) is 4.98. The summed E-state index contributed by atoms with van der Waals surface area (Å²) in [6, 6.07) is 1.34. The normalized spacial score (nSPS) is 11.0. The summed E-state index contributed by atoms with van der Waals surface area (Å²) in [6.45, 7) is 3.83. The Morgan fingerprint density at radius 3 is 2.70 bits per heavy atom. The predicted octanol–water partition coefficient (Wildman–Crippen LogP) is 1.19. The van der Waals surface area contributed by atoms with Gasteiger partial charge in [0.1, 0.15) is 17.6 Å². The topological polar surface area (TPSA) is 106 Å². The number of ether oxygens (including phenoxy) is 1. The number of aromatic nitrogens is 1. The van der Waals surface area contributed by atoms with Crippen molar-refractivity contribution in [3.8, 4) is 0 Å². The van der Waals surface area contributed by atoms with E-state index in [9.17, 15) is 14.9 Å². The van der Waals surface area contributed by atoms with Gasteiger partial charge in [-0.2, -0.15) is 0 Å². The maximum Gasteiger partial charge on any atom is 0.300 e. The standard InChI is InChI=1S/C12H18N4O4/c1-12(2,20-4)7-15-11(17)8-5-10(13-3)14-6-9(8)16(18)19/h5-6H,7H2,1-4H3,(H,13,14)(H,15,17). The highest BCUT2D eigenvalue weighted by Gasteiger charge is 2.24. The maximum atomic E-state index is 12.1. The van der Waals surface area contributed by atoms with Crippen molar-refractivity contribution in [3.63, 3.8) is 0 Å². The molecule has 20 heavy (non-hydrogen) atoms. The molecule has 8 nitrogen and oxygen atoms in total. The first kappa shape index (κ1) is 15.8. The Hall–Kier alpha value is -2.22. The summed E-state index contributed by atoms with van der Waals surface area (Å²) in [5.74, 6) is -0.160. The van der Waals surface area contributed by atoms with E-state index in [1.165, 1.54) is 13.2 Å². The molecule has 0 bridgehead atoms. The fourth-order valence-corrected chi connectivity index (χ4v) is 1.37. The molecule has 1 aromatic rings. The number of methoxy groups -OCH3 is 1. The van der Waals surface area contributed by atoms with Gasteiger partial charge in [-0.3, -0.25) is 14.9 Å². The number of nitrogens with one attached hydrogen (secondary N) is 2. The van der Waals surface area contributed by atoms with Crippen LogP contribution in [-0.2, 0) is 4.74 Å². The minimum atomic E-state index is -0.636. The predicted molar refractivity (Wildman–Crippen MR) is 73.9 cm³/mol. The van der Waals surface area contributed by atoms with Crippen LogP contribution in [0.1, 0.15) is 24.2 Å². The third-order valence-electron chi connectivity index (χ3n) is 2.81. The Labute approximate surface area is 116 Å². The first-order chi connectivity index (χ1) is 9.30. The van der Waals surface area contributed by atoms with E-state index in [0.29, 0.717) is 5.82 Å². The molecule has 1 rings (SSSR count). The van der Waals surface area contributed by atoms with Gasteiger partial charge in [0.15, 0.2) is 0 Å². The Morgan fingerprint density at radius 1 is 1.55 bits per heavy atom. The lowest BCUT2D eigenvalue weighted by atomic mass is 10.1.